The lowest BCUT2D eigenvalue weighted by Crippen LogP contribution is -2.30. The molecule has 1 unspecified atom stereocenters. The molecule has 2 rings (SSSR count). The van der Waals surface area contributed by atoms with Gasteiger partial charge in [0.15, 0.2) is 0 Å². The average molecular weight is 226 g/mol. The average Bonchev–Trinajstić information content (AvgIpc) is 2.92. The molecule has 2 heterocycles. The molecule has 0 aromatic heterocycles. The van der Waals surface area contributed by atoms with Gasteiger partial charge < -0.3 is 9.80 Å². The van der Waals surface area contributed by atoms with Crippen LogP contribution in [0.15, 0.2) is 0 Å². The minimum atomic E-state index is 0.244. The molecule has 2 aliphatic rings. The second-order valence-electron chi connectivity index (χ2n) is 4.63. The van der Waals surface area contributed by atoms with Gasteiger partial charge in [-0.2, -0.15) is 0 Å². The summed E-state index contributed by atoms with van der Waals surface area (Å²) in [5.41, 5.74) is 0. The first-order valence-corrected chi connectivity index (χ1v) is 6.73. The van der Waals surface area contributed by atoms with E-state index in [9.17, 15) is 4.79 Å². The molecule has 0 aromatic carbocycles. The molecule has 0 aromatic rings. The topological polar surface area (TPSA) is 23.6 Å². The lowest BCUT2D eigenvalue weighted by atomic mass is 10.1. The number of carbonyl (C=O) groups excluding carboxylic acids is 1. The molecule has 2 aliphatic heterocycles. The molecule has 94 valence electrons. The number of amides is 1. The van der Waals surface area contributed by atoms with Gasteiger partial charge in [-0.25, -0.2) is 0 Å². The lowest BCUT2D eigenvalue weighted by Gasteiger charge is -2.19. The van der Waals surface area contributed by atoms with E-state index < -0.39 is 0 Å². The van der Waals surface area contributed by atoms with Crippen molar-refractivity contribution in [1.82, 2.24) is 9.80 Å². The van der Waals surface area contributed by atoms with Gasteiger partial charge in [-0.05, 0) is 38.3 Å². The van der Waals surface area contributed by atoms with Crippen molar-refractivity contribution < 1.29 is 4.79 Å². The van der Waals surface area contributed by atoms with Crippen molar-refractivity contribution in [3.05, 3.63) is 0 Å². The van der Waals surface area contributed by atoms with E-state index in [1.807, 2.05) is 18.7 Å². The molecule has 2 saturated heterocycles. The second-order valence-corrected chi connectivity index (χ2v) is 4.63. The van der Waals surface area contributed by atoms with Gasteiger partial charge in [0.2, 0.25) is 5.91 Å². The largest absolute Gasteiger partial charge is 0.343 e. The minimum Gasteiger partial charge on any atom is -0.343 e. The molecule has 0 saturated carbocycles. The van der Waals surface area contributed by atoms with Crippen LogP contribution in [0.4, 0.5) is 0 Å². The first kappa shape index (κ1) is 13.5. The first-order chi connectivity index (χ1) is 7.75. The monoisotopic (exact) mass is 226 g/mol. The molecule has 0 spiro atoms. The molecule has 3 nitrogen and oxygen atoms in total. The van der Waals surface area contributed by atoms with Crippen molar-refractivity contribution in [2.24, 2.45) is 5.92 Å². The number of likely N-dealkylation sites (tertiary alicyclic amines) is 2. The summed E-state index contributed by atoms with van der Waals surface area (Å²) < 4.78 is 0. The molecule has 1 atom stereocenters. The zero-order valence-electron chi connectivity index (χ0n) is 11.0. The Morgan fingerprint density at radius 2 is 1.81 bits per heavy atom. The highest BCUT2D eigenvalue weighted by atomic mass is 16.2. The van der Waals surface area contributed by atoms with Gasteiger partial charge >= 0.3 is 0 Å². The maximum absolute atomic E-state index is 11.1. The predicted molar refractivity (Wildman–Crippen MR) is 67.4 cm³/mol. The van der Waals surface area contributed by atoms with Crippen molar-refractivity contribution in [3.63, 3.8) is 0 Å². The minimum absolute atomic E-state index is 0.244. The smallest absolute Gasteiger partial charge is 0.219 e. The van der Waals surface area contributed by atoms with Crippen LogP contribution in [0, 0.1) is 5.92 Å². The van der Waals surface area contributed by atoms with E-state index >= 15 is 0 Å². The van der Waals surface area contributed by atoms with Gasteiger partial charge in [0.05, 0.1) is 0 Å². The third-order valence-electron chi connectivity index (χ3n) is 3.45. The van der Waals surface area contributed by atoms with Crippen LogP contribution < -0.4 is 0 Å². The zero-order valence-corrected chi connectivity index (χ0v) is 11.0. The van der Waals surface area contributed by atoms with Gasteiger partial charge in [-0.1, -0.05) is 13.8 Å². The fourth-order valence-electron chi connectivity index (χ4n) is 2.60. The molecule has 3 heteroatoms. The fourth-order valence-corrected chi connectivity index (χ4v) is 2.60. The van der Waals surface area contributed by atoms with E-state index in [-0.39, 0.29) is 5.91 Å². The molecule has 16 heavy (non-hydrogen) atoms. The van der Waals surface area contributed by atoms with E-state index in [1.54, 1.807) is 6.92 Å². The van der Waals surface area contributed by atoms with Gasteiger partial charge in [-0.15, -0.1) is 0 Å². The first-order valence-electron chi connectivity index (χ1n) is 6.73. The standard InChI is InChI=1S/C11H20N2O.C2H6/c1-10(14)13-7-4-11(9-13)8-12-5-2-3-6-12;1-2/h11H,2-9H2,1H3;1-2H3. The Balaban J connectivity index is 0.000000606. The van der Waals surface area contributed by atoms with E-state index in [1.165, 1.54) is 38.9 Å². The summed E-state index contributed by atoms with van der Waals surface area (Å²) >= 11 is 0. The van der Waals surface area contributed by atoms with Gasteiger partial charge in [-0.3, -0.25) is 4.79 Å². The molecular weight excluding hydrogens is 200 g/mol. The van der Waals surface area contributed by atoms with Crippen molar-refractivity contribution in [2.45, 2.75) is 40.0 Å². The molecule has 1 amide bonds. The summed E-state index contributed by atoms with van der Waals surface area (Å²) in [5.74, 6) is 0.978. The molecular formula is C13H26N2O. The summed E-state index contributed by atoms with van der Waals surface area (Å²) in [5, 5.41) is 0. The van der Waals surface area contributed by atoms with Gasteiger partial charge in [0, 0.05) is 26.6 Å². The maximum atomic E-state index is 11.1. The van der Waals surface area contributed by atoms with E-state index in [0.29, 0.717) is 0 Å². The third-order valence-corrected chi connectivity index (χ3v) is 3.45. The normalized spacial score (nSPS) is 25.4. The Morgan fingerprint density at radius 3 is 2.31 bits per heavy atom. The highest BCUT2D eigenvalue weighted by Gasteiger charge is 2.26. The zero-order chi connectivity index (χ0) is 12.0. The van der Waals surface area contributed by atoms with Crippen LogP contribution in [-0.4, -0.2) is 48.4 Å². The number of carbonyl (C=O) groups is 1. The van der Waals surface area contributed by atoms with E-state index in [2.05, 4.69) is 4.90 Å². The highest BCUT2D eigenvalue weighted by molar-refractivity contribution is 5.73. The van der Waals surface area contributed by atoms with Crippen molar-refractivity contribution in [3.8, 4) is 0 Å². The Hall–Kier alpha value is -0.570. The van der Waals surface area contributed by atoms with Crippen LogP contribution in [0.1, 0.15) is 40.0 Å². The Labute approximate surface area is 99.8 Å². The van der Waals surface area contributed by atoms with Gasteiger partial charge in [0.1, 0.15) is 0 Å². The number of rotatable bonds is 2. The molecule has 0 radical (unpaired) electrons. The van der Waals surface area contributed by atoms with Crippen LogP contribution in [0.2, 0.25) is 0 Å². The fraction of sp³-hybridized carbons (Fsp3) is 0.923. The second kappa shape index (κ2) is 6.89. The molecule has 2 fully saturated rings. The Kier molecular flexibility index (Phi) is 5.81. The van der Waals surface area contributed by atoms with Gasteiger partial charge in [0.25, 0.3) is 0 Å². The molecule has 0 aliphatic carbocycles. The van der Waals surface area contributed by atoms with Crippen molar-refractivity contribution in [1.29, 1.82) is 0 Å². The summed E-state index contributed by atoms with van der Waals surface area (Å²) in [6.45, 7) is 11.4. The Bertz CT molecular complexity index is 212. The molecule has 0 bridgehead atoms. The number of hydrogen-bond acceptors (Lipinski definition) is 2. The highest BCUT2D eigenvalue weighted by Crippen LogP contribution is 2.19. The summed E-state index contributed by atoms with van der Waals surface area (Å²) in [6.07, 6.45) is 3.93. The quantitative estimate of drug-likeness (QED) is 0.719. The maximum Gasteiger partial charge on any atom is 0.219 e. The third kappa shape index (κ3) is 3.78. The van der Waals surface area contributed by atoms with Crippen molar-refractivity contribution >= 4 is 5.91 Å². The van der Waals surface area contributed by atoms with E-state index in [0.717, 1.165) is 19.0 Å². The van der Waals surface area contributed by atoms with Crippen LogP contribution >= 0.6 is 0 Å². The summed E-state index contributed by atoms with van der Waals surface area (Å²) in [7, 11) is 0. The Morgan fingerprint density at radius 1 is 1.19 bits per heavy atom. The summed E-state index contributed by atoms with van der Waals surface area (Å²) in [6, 6.07) is 0. The van der Waals surface area contributed by atoms with Crippen LogP contribution in [-0.2, 0) is 4.79 Å². The number of nitrogens with zero attached hydrogens (tertiary/aromatic N) is 2. The van der Waals surface area contributed by atoms with Crippen LogP contribution in [0.5, 0.6) is 0 Å². The number of hydrogen-bond donors (Lipinski definition) is 0. The van der Waals surface area contributed by atoms with E-state index in [4.69, 9.17) is 0 Å². The lowest BCUT2D eigenvalue weighted by molar-refractivity contribution is -0.127. The SMILES string of the molecule is CC.CC(=O)N1CCC(CN2CCCC2)C1. The predicted octanol–water partition coefficient (Wildman–Crippen LogP) is 1.98. The van der Waals surface area contributed by atoms with Crippen LogP contribution in [0.25, 0.3) is 0 Å². The van der Waals surface area contributed by atoms with Crippen molar-refractivity contribution in [2.75, 3.05) is 32.7 Å². The summed E-state index contributed by atoms with van der Waals surface area (Å²) in [4.78, 5) is 15.7. The van der Waals surface area contributed by atoms with Crippen LogP contribution in [0.3, 0.4) is 0 Å². The molecule has 0 N–H and O–H groups in total.